The average Bonchev–Trinajstić information content (AvgIpc) is 3.25. The van der Waals surface area contributed by atoms with Crippen molar-refractivity contribution < 1.29 is 14.6 Å². The second-order valence-electron chi connectivity index (χ2n) is 7.36. The summed E-state index contributed by atoms with van der Waals surface area (Å²) in [7, 11) is 0. The van der Waals surface area contributed by atoms with Crippen LogP contribution >= 0.6 is 0 Å². The van der Waals surface area contributed by atoms with Gasteiger partial charge in [0, 0.05) is 43.2 Å². The molecule has 2 aliphatic rings. The molecular formula is C20H25N3O3. The molecule has 0 saturated carbocycles. The topological polar surface area (TPSA) is 67.6 Å². The van der Waals surface area contributed by atoms with Gasteiger partial charge in [0.2, 0.25) is 0 Å². The van der Waals surface area contributed by atoms with E-state index in [1.807, 2.05) is 53.0 Å². The number of carbonyl (C=O) groups excluding carboxylic acids is 1. The van der Waals surface area contributed by atoms with Crippen molar-refractivity contribution in [3.05, 3.63) is 53.9 Å². The molecule has 2 fully saturated rings. The summed E-state index contributed by atoms with van der Waals surface area (Å²) in [5, 5.41) is 15.5. The SMILES string of the molecule is CCn1cc(C2(O)CC3CCC(C2)N3C(=O)OCc2ccccc2)cn1. The second-order valence-corrected chi connectivity index (χ2v) is 7.36. The molecule has 2 saturated heterocycles. The number of hydrogen-bond donors (Lipinski definition) is 1. The Bertz CT molecular complexity index is 760. The first-order valence-electron chi connectivity index (χ1n) is 9.33. The normalized spacial score (nSPS) is 27.5. The van der Waals surface area contributed by atoms with Gasteiger partial charge >= 0.3 is 6.09 Å². The first-order valence-corrected chi connectivity index (χ1v) is 9.33. The maximum absolute atomic E-state index is 12.6. The van der Waals surface area contributed by atoms with Gasteiger partial charge < -0.3 is 14.7 Å². The van der Waals surface area contributed by atoms with Crippen LogP contribution in [0.3, 0.4) is 0 Å². The van der Waals surface area contributed by atoms with Gasteiger partial charge in [-0.15, -0.1) is 0 Å². The number of aryl methyl sites for hydroxylation is 1. The monoisotopic (exact) mass is 355 g/mol. The van der Waals surface area contributed by atoms with E-state index in [2.05, 4.69) is 5.10 Å². The van der Waals surface area contributed by atoms with Crippen molar-refractivity contribution in [3.63, 3.8) is 0 Å². The molecule has 0 radical (unpaired) electrons. The van der Waals surface area contributed by atoms with Gasteiger partial charge in [-0.2, -0.15) is 5.10 Å². The Kier molecular flexibility index (Phi) is 4.44. The van der Waals surface area contributed by atoms with Crippen molar-refractivity contribution >= 4 is 6.09 Å². The molecule has 6 heteroatoms. The van der Waals surface area contributed by atoms with Crippen molar-refractivity contribution in [1.82, 2.24) is 14.7 Å². The van der Waals surface area contributed by atoms with Crippen molar-refractivity contribution in [2.24, 2.45) is 0 Å². The Morgan fingerprint density at radius 3 is 2.58 bits per heavy atom. The third kappa shape index (κ3) is 3.09. The Morgan fingerprint density at radius 2 is 1.96 bits per heavy atom. The summed E-state index contributed by atoms with van der Waals surface area (Å²) >= 11 is 0. The molecule has 2 aromatic rings. The fourth-order valence-electron chi connectivity index (χ4n) is 4.33. The van der Waals surface area contributed by atoms with Crippen LogP contribution in [0.15, 0.2) is 42.7 Å². The van der Waals surface area contributed by atoms with E-state index >= 15 is 0 Å². The summed E-state index contributed by atoms with van der Waals surface area (Å²) in [5.41, 5.74) is 0.928. The van der Waals surface area contributed by atoms with Crippen molar-refractivity contribution in [1.29, 1.82) is 0 Å². The lowest BCUT2D eigenvalue weighted by Gasteiger charge is -2.42. The Balaban J connectivity index is 1.44. The van der Waals surface area contributed by atoms with Crippen LogP contribution in [0, 0.1) is 0 Å². The van der Waals surface area contributed by atoms with Gasteiger partial charge in [0.15, 0.2) is 0 Å². The summed E-state index contributed by atoms with van der Waals surface area (Å²) in [6.07, 6.45) is 6.31. The van der Waals surface area contributed by atoms with E-state index < -0.39 is 5.60 Å². The molecule has 2 aliphatic heterocycles. The highest BCUT2D eigenvalue weighted by Gasteiger charge is 2.51. The lowest BCUT2D eigenvalue weighted by Crippen LogP contribution is -2.52. The van der Waals surface area contributed by atoms with Gasteiger partial charge in [-0.1, -0.05) is 30.3 Å². The number of benzene rings is 1. The fourth-order valence-corrected chi connectivity index (χ4v) is 4.33. The molecule has 1 aromatic heterocycles. The minimum Gasteiger partial charge on any atom is -0.445 e. The minimum atomic E-state index is -0.907. The number of piperidine rings is 1. The smallest absolute Gasteiger partial charge is 0.410 e. The largest absolute Gasteiger partial charge is 0.445 e. The van der Waals surface area contributed by atoms with Crippen LogP contribution in [0.2, 0.25) is 0 Å². The van der Waals surface area contributed by atoms with E-state index in [9.17, 15) is 9.90 Å². The average molecular weight is 355 g/mol. The van der Waals surface area contributed by atoms with E-state index in [1.54, 1.807) is 6.20 Å². The van der Waals surface area contributed by atoms with Crippen LogP contribution in [0.25, 0.3) is 0 Å². The van der Waals surface area contributed by atoms with Crippen LogP contribution in [-0.2, 0) is 23.5 Å². The molecule has 2 atom stereocenters. The van der Waals surface area contributed by atoms with Crippen molar-refractivity contribution in [2.45, 2.75) is 63.4 Å². The quantitative estimate of drug-likeness (QED) is 0.915. The van der Waals surface area contributed by atoms with Gasteiger partial charge in [0.1, 0.15) is 6.61 Å². The van der Waals surface area contributed by atoms with Crippen molar-refractivity contribution in [3.8, 4) is 0 Å². The highest BCUT2D eigenvalue weighted by Crippen LogP contribution is 2.45. The molecule has 4 rings (SSSR count). The summed E-state index contributed by atoms with van der Waals surface area (Å²) in [6.45, 7) is 3.08. The molecule has 138 valence electrons. The maximum atomic E-state index is 12.6. The van der Waals surface area contributed by atoms with Crippen LogP contribution in [0.4, 0.5) is 4.79 Å². The number of nitrogens with zero attached hydrogens (tertiary/aromatic N) is 3. The molecule has 0 spiro atoms. The molecule has 2 unspecified atom stereocenters. The number of hydrogen-bond acceptors (Lipinski definition) is 4. The highest BCUT2D eigenvalue weighted by atomic mass is 16.6. The summed E-state index contributed by atoms with van der Waals surface area (Å²) in [4.78, 5) is 14.5. The van der Waals surface area contributed by atoms with Crippen LogP contribution in [0.1, 0.15) is 43.7 Å². The predicted molar refractivity (Wildman–Crippen MR) is 96.3 cm³/mol. The van der Waals surface area contributed by atoms with Gasteiger partial charge in [-0.25, -0.2) is 4.79 Å². The number of fused-ring (bicyclic) bond motifs is 2. The number of rotatable bonds is 4. The van der Waals surface area contributed by atoms with Gasteiger partial charge in [0.25, 0.3) is 0 Å². The van der Waals surface area contributed by atoms with Gasteiger partial charge in [-0.3, -0.25) is 4.68 Å². The molecule has 1 aromatic carbocycles. The first-order chi connectivity index (χ1) is 12.6. The Hall–Kier alpha value is -2.34. The summed E-state index contributed by atoms with van der Waals surface area (Å²) in [6, 6.07) is 9.75. The third-order valence-corrected chi connectivity index (χ3v) is 5.68. The summed E-state index contributed by atoms with van der Waals surface area (Å²) in [5.74, 6) is 0. The molecule has 2 bridgehead atoms. The molecule has 26 heavy (non-hydrogen) atoms. The van der Waals surface area contributed by atoms with Crippen LogP contribution in [-0.4, -0.2) is 38.0 Å². The minimum absolute atomic E-state index is 0.0204. The zero-order valence-corrected chi connectivity index (χ0v) is 15.0. The number of amides is 1. The third-order valence-electron chi connectivity index (χ3n) is 5.68. The van der Waals surface area contributed by atoms with Crippen molar-refractivity contribution in [2.75, 3.05) is 0 Å². The molecule has 1 amide bonds. The maximum Gasteiger partial charge on any atom is 0.410 e. The zero-order chi connectivity index (χ0) is 18.1. The lowest BCUT2D eigenvalue weighted by molar-refractivity contribution is -0.0537. The van der Waals surface area contributed by atoms with E-state index in [0.717, 1.165) is 30.5 Å². The molecule has 1 N–H and O–H groups in total. The number of aliphatic hydroxyl groups is 1. The van der Waals surface area contributed by atoms with E-state index in [0.29, 0.717) is 12.8 Å². The lowest BCUT2D eigenvalue weighted by atomic mass is 9.82. The fraction of sp³-hybridized carbons (Fsp3) is 0.500. The van der Waals surface area contributed by atoms with Gasteiger partial charge in [-0.05, 0) is 25.3 Å². The van der Waals surface area contributed by atoms with E-state index in [-0.39, 0.29) is 24.8 Å². The number of ether oxygens (including phenoxy) is 1. The Morgan fingerprint density at radius 1 is 1.27 bits per heavy atom. The Labute approximate surface area is 153 Å². The number of aromatic nitrogens is 2. The number of carbonyl (C=O) groups is 1. The molecular weight excluding hydrogens is 330 g/mol. The predicted octanol–water partition coefficient (Wildman–Crippen LogP) is 3.05. The summed E-state index contributed by atoms with van der Waals surface area (Å²) < 4.78 is 7.36. The van der Waals surface area contributed by atoms with Crippen LogP contribution < -0.4 is 0 Å². The van der Waals surface area contributed by atoms with Crippen LogP contribution in [0.5, 0.6) is 0 Å². The molecule has 0 aliphatic carbocycles. The standard InChI is InChI=1S/C20H25N3O3/c1-2-22-13-16(12-21-22)20(25)10-17-8-9-18(11-20)23(17)19(24)26-14-15-6-4-3-5-7-15/h3-7,12-13,17-18,25H,2,8-11,14H2,1H3. The molecule has 3 heterocycles. The first kappa shape index (κ1) is 17.1. The van der Waals surface area contributed by atoms with E-state index in [1.165, 1.54) is 0 Å². The highest BCUT2D eigenvalue weighted by molar-refractivity contribution is 5.69. The second kappa shape index (κ2) is 6.76. The zero-order valence-electron chi connectivity index (χ0n) is 15.0. The van der Waals surface area contributed by atoms with Gasteiger partial charge in [0.05, 0.1) is 11.8 Å². The molecule has 6 nitrogen and oxygen atoms in total. The van der Waals surface area contributed by atoms with E-state index in [4.69, 9.17) is 4.74 Å².